The molecule has 0 unspecified atom stereocenters. The molecule has 0 aliphatic carbocycles. The lowest BCUT2D eigenvalue weighted by Crippen LogP contribution is -2.33. The third-order valence-electron chi connectivity index (χ3n) is 10.5. The predicted molar refractivity (Wildman–Crippen MR) is 239 cm³/mol. The first-order chi connectivity index (χ1) is 26.8. The maximum Gasteiger partial charge on any atom is 0.116 e. The Morgan fingerprint density at radius 3 is 0.722 bits per heavy atom. The van der Waals surface area contributed by atoms with Crippen molar-refractivity contribution in [1.29, 1.82) is 0 Å². The fraction of sp³-hybridized carbons (Fsp3) is 0.0400. The van der Waals surface area contributed by atoms with Gasteiger partial charge in [0.15, 0.2) is 0 Å². The number of rotatable bonds is 10. The van der Waals surface area contributed by atoms with E-state index in [2.05, 4.69) is 218 Å². The highest BCUT2D eigenvalue weighted by molar-refractivity contribution is 8.05. The Hall–Kier alpha value is -4.68. The van der Waals surface area contributed by atoms with Crippen molar-refractivity contribution in [3.05, 3.63) is 230 Å². The van der Waals surface area contributed by atoms with Crippen molar-refractivity contribution in [2.75, 3.05) is 0 Å². The van der Waals surface area contributed by atoms with Gasteiger partial charge in [0.2, 0.25) is 0 Å². The summed E-state index contributed by atoms with van der Waals surface area (Å²) in [7, 11) is -4.24. The van der Waals surface area contributed by atoms with Gasteiger partial charge in [0.25, 0.3) is 0 Å². The summed E-state index contributed by atoms with van der Waals surface area (Å²) in [6.07, 6.45) is 1.89. The summed E-state index contributed by atoms with van der Waals surface area (Å²) in [6.45, 7) is 0. The maximum absolute atomic E-state index is 2.49. The fourth-order valence-corrected chi connectivity index (χ4v) is 19.3. The van der Waals surface area contributed by atoms with Gasteiger partial charge >= 0.3 is 0 Å². The summed E-state index contributed by atoms with van der Waals surface area (Å²) in [5.41, 5.74) is 2.85. The smallest absolute Gasteiger partial charge is 0.0873 e. The van der Waals surface area contributed by atoms with Gasteiger partial charge in [-0.05, 0) is 84.9 Å². The first-order valence-corrected chi connectivity index (χ1v) is 24.0. The number of benzene rings is 8. The molecule has 260 valence electrons. The molecule has 0 spiro atoms. The molecule has 0 aromatic heterocycles. The molecule has 0 atom stereocenters. The van der Waals surface area contributed by atoms with Gasteiger partial charge in [-0.15, -0.1) is 0 Å². The van der Waals surface area contributed by atoms with Crippen molar-refractivity contribution in [1.82, 2.24) is 0 Å². The van der Waals surface area contributed by atoms with Crippen molar-refractivity contribution in [3.8, 4) is 0 Å². The van der Waals surface area contributed by atoms with Crippen LogP contribution in [0.2, 0.25) is 0 Å². The molecule has 0 N–H and O–H groups in total. The fourth-order valence-electron chi connectivity index (χ4n) is 8.00. The molecule has 4 heteroatoms. The molecular weight excluding hydrogens is 727 g/mol. The van der Waals surface area contributed by atoms with Crippen LogP contribution in [0.15, 0.2) is 238 Å². The minimum absolute atomic E-state index is 0.944. The third-order valence-corrected chi connectivity index (χ3v) is 22.0. The van der Waals surface area contributed by atoms with Crippen LogP contribution in [0.25, 0.3) is 0 Å². The van der Waals surface area contributed by atoms with E-state index in [0.29, 0.717) is 0 Å². The van der Waals surface area contributed by atoms with E-state index in [9.17, 15) is 0 Å². The average molecular weight is 767 g/mol. The molecule has 8 aromatic rings. The van der Waals surface area contributed by atoms with E-state index < -0.39 is 14.5 Å². The largest absolute Gasteiger partial charge is 0.116 e. The molecule has 0 nitrogen and oxygen atoms in total. The molecule has 0 saturated heterocycles. The summed E-state index contributed by atoms with van der Waals surface area (Å²) in [5, 5.41) is 8.48. The van der Waals surface area contributed by atoms with E-state index in [-0.39, 0.29) is 0 Å². The number of fused-ring (bicyclic) bond motifs is 2. The first kappa shape index (κ1) is 35.0. The molecule has 0 radical (unpaired) electrons. The normalized spacial score (nSPS) is 12.4. The standard InChI is InChI=1S/C50H40P2S2/c1-7-21-41(22-8-1)51(42-23-9-2-10-24-42,43-25-11-3-12-26-43)37-39-35-36-40(50-49(39)53-47-33-19-20-34-48(47)54-50)38-52(44-27-13-4-14-28-44,45-29-15-5-16-30-45)46-31-17-6-18-32-46/h1-36H,37-38H2/q+2. The SMILES string of the molecule is c1ccc([P+](Cc2ccc(C[P+](c3ccccc3)(c3ccccc3)c3ccccc3)c3c2Sc2ccccc2S3)(c2ccccc2)c2ccccc2)cc1. The lowest BCUT2D eigenvalue weighted by atomic mass is 10.2. The van der Waals surface area contributed by atoms with Crippen LogP contribution >= 0.6 is 38.0 Å². The Labute approximate surface area is 329 Å². The quantitative estimate of drug-likeness (QED) is 0.127. The second kappa shape index (κ2) is 15.6. The van der Waals surface area contributed by atoms with Crippen molar-refractivity contribution < 1.29 is 0 Å². The first-order valence-electron chi connectivity index (χ1n) is 18.4. The topological polar surface area (TPSA) is 0 Å². The highest BCUT2D eigenvalue weighted by Gasteiger charge is 2.48. The number of hydrogen-bond donors (Lipinski definition) is 0. The van der Waals surface area contributed by atoms with Crippen LogP contribution in [-0.2, 0) is 12.3 Å². The van der Waals surface area contributed by atoms with Crippen LogP contribution in [-0.4, -0.2) is 0 Å². The zero-order valence-corrected chi connectivity index (χ0v) is 33.3. The lowest BCUT2D eigenvalue weighted by Gasteiger charge is -2.32. The second-order valence-electron chi connectivity index (χ2n) is 13.6. The van der Waals surface area contributed by atoms with Crippen molar-refractivity contribution in [2.45, 2.75) is 31.9 Å². The van der Waals surface area contributed by atoms with Crippen LogP contribution in [0.1, 0.15) is 11.1 Å². The van der Waals surface area contributed by atoms with Crippen LogP contribution in [0.5, 0.6) is 0 Å². The molecule has 9 rings (SSSR count). The van der Waals surface area contributed by atoms with Crippen LogP contribution in [0.4, 0.5) is 0 Å². The van der Waals surface area contributed by atoms with E-state index in [0.717, 1.165) is 12.3 Å². The van der Waals surface area contributed by atoms with Crippen LogP contribution < -0.4 is 31.8 Å². The van der Waals surface area contributed by atoms with Gasteiger partial charge < -0.3 is 0 Å². The molecule has 1 heterocycles. The van der Waals surface area contributed by atoms with Crippen molar-refractivity contribution >= 4 is 69.9 Å². The summed E-state index contributed by atoms with van der Waals surface area (Å²) in [6, 6.07) is 81.9. The molecule has 0 saturated carbocycles. The van der Waals surface area contributed by atoms with Gasteiger partial charge in [0, 0.05) is 30.7 Å². The Morgan fingerprint density at radius 2 is 0.481 bits per heavy atom. The molecular formula is C50H40P2S2+2. The van der Waals surface area contributed by atoms with Gasteiger partial charge in [0.1, 0.15) is 46.4 Å². The molecule has 0 amide bonds. The Balaban J connectivity index is 1.28. The average Bonchev–Trinajstić information content (AvgIpc) is 3.26. The van der Waals surface area contributed by atoms with Gasteiger partial charge in [-0.2, -0.15) is 0 Å². The van der Waals surface area contributed by atoms with Crippen molar-refractivity contribution in [2.24, 2.45) is 0 Å². The minimum atomic E-state index is -2.12. The number of hydrogen-bond acceptors (Lipinski definition) is 2. The molecule has 1 aliphatic heterocycles. The van der Waals surface area contributed by atoms with Gasteiger partial charge in [-0.1, -0.05) is 157 Å². The van der Waals surface area contributed by atoms with Crippen LogP contribution in [0, 0.1) is 0 Å². The third kappa shape index (κ3) is 6.46. The predicted octanol–water partition coefficient (Wildman–Crippen LogP) is 11.3. The highest BCUT2D eigenvalue weighted by atomic mass is 32.2. The zero-order chi connectivity index (χ0) is 36.2. The zero-order valence-electron chi connectivity index (χ0n) is 29.9. The van der Waals surface area contributed by atoms with E-state index in [1.807, 2.05) is 23.5 Å². The van der Waals surface area contributed by atoms with Gasteiger partial charge in [-0.3, -0.25) is 0 Å². The summed E-state index contributed by atoms with van der Waals surface area (Å²) in [4.78, 5) is 5.50. The summed E-state index contributed by atoms with van der Waals surface area (Å²) >= 11 is 3.94. The van der Waals surface area contributed by atoms with E-state index in [1.54, 1.807) is 0 Å². The van der Waals surface area contributed by atoms with E-state index >= 15 is 0 Å². The van der Waals surface area contributed by atoms with Gasteiger partial charge in [0.05, 0.1) is 12.3 Å². The Bertz CT molecular complexity index is 2100. The van der Waals surface area contributed by atoms with E-state index in [4.69, 9.17) is 0 Å². The summed E-state index contributed by atoms with van der Waals surface area (Å²) < 4.78 is 0. The Kier molecular flexibility index (Phi) is 10.1. The minimum Gasteiger partial charge on any atom is -0.0873 e. The summed E-state index contributed by atoms with van der Waals surface area (Å²) in [5.74, 6) is 0. The highest BCUT2D eigenvalue weighted by Crippen LogP contribution is 2.63. The monoisotopic (exact) mass is 766 g/mol. The maximum atomic E-state index is 2.49. The molecule has 1 aliphatic rings. The molecule has 0 fully saturated rings. The molecule has 54 heavy (non-hydrogen) atoms. The molecule has 8 aromatic carbocycles. The van der Waals surface area contributed by atoms with Gasteiger partial charge in [-0.25, -0.2) is 0 Å². The molecule has 0 bridgehead atoms. The van der Waals surface area contributed by atoms with E-state index in [1.165, 1.54) is 62.5 Å². The lowest BCUT2D eigenvalue weighted by molar-refractivity contribution is 1.06. The second-order valence-corrected chi connectivity index (χ2v) is 22.7. The van der Waals surface area contributed by atoms with Crippen molar-refractivity contribution in [3.63, 3.8) is 0 Å². The van der Waals surface area contributed by atoms with Crippen LogP contribution in [0.3, 0.4) is 0 Å². The Morgan fingerprint density at radius 1 is 0.259 bits per heavy atom.